The third-order valence-electron chi connectivity index (χ3n) is 3.76. The molecule has 0 radical (unpaired) electrons. The van der Waals surface area contributed by atoms with Crippen molar-refractivity contribution in [2.45, 2.75) is 31.7 Å². The average molecular weight is 390 g/mol. The largest absolute Gasteiger partial charge is 0.416 e. The Morgan fingerprint density at radius 1 is 0.926 bits per heavy atom. The summed E-state index contributed by atoms with van der Waals surface area (Å²) in [7, 11) is 0. The van der Waals surface area contributed by atoms with E-state index in [9.17, 15) is 31.1 Å². The molecule has 9 heteroatoms. The Balaban J connectivity index is 2.24. The smallest absolute Gasteiger partial charge is 0.331 e. The van der Waals surface area contributed by atoms with Gasteiger partial charge in [-0.1, -0.05) is 37.3 Å². The molecule has 1 atom stereocenters. The number of hydrogen-bond donors (Lipinski definition) is 2. The van der Waals surface area contributed by atoms with Gasteiger partial charge in [0.25, 0.3) is 0 Å². The highest BCUT2D eigenvalue weighted by Gasteiger charge is 2.37. The molecule has 2 aromatic carbocycles. The van der Waals surface area contributed by atoms with Crippen molar-refractivity contribution in [3.63, 3.8) is 0 Å². The molecule has 2 N–H and O–H groups in total. The number of rotatable bonds is 4. The molecular formula is C18H16F6N2O. The fourth-order valence-electron chi connectivity index (χ4n) is 2.46. The van der Waals surface area contributed by atoms with Gasteiger partial charge in [0.2, 0.25) is 0 Å². The predicted molar refractivity (Wildman–Crippen MR) is 88.1 cm³/mol. The van der Waals surface area contributed by atoms with Crippen LogP contribution in [0.2, 0.25) is 0 Å². The molecule has 0 heterocycles. The van der Waals surface area contributed by atoms with E-state index in [1.165, 1.54) is 0 Å². The first-order chi connectivity index (χ1) is 12.5. The Hall–Kier alpha value is -2.71. The third kappa shape index (κ3) is 5.63. The summed E-state index contributed by atoms with van der Waals surface area (Å²) in [6.45, 7) is 1.78. The zero-order valence-corrected chi connectivity index (χ0v) is 14.1. The molecule has 0 aliphatic rings. The minimum absolute atomic E-state index is 0.00189. The van der Waals surface area contributed by atoms with Gasteiger partial charge in [0.15, 0.2) is 0 Å². The molecule has 2 amide bonds. The van der Waals surface area contributed by atoms with Gasteiger partial charge in [-0.15, -0.1) is 0 Å². The van der Waals surface area contributed by atoms with E-state index < -0.39 is 41.2 Å². The van der Waals surface area contributed by atoms with E-state index in [-0.39, 0.29) is 6.07 Å². The molecule has 0 aliphatic heterocycles. The fourth-order valence-corrected chi connectivity index (χ4v) is 2.46. The minimum Gasteiger partial charge on any atom is -0.331 e. The quantitative estimate of drug-likeness (QED) is 0.618. The number of urea groups is 1. The molecule has 0 aromatic heterocycles. The first-order valence-corrected chi connectivity index (χ1v) is 7.92. The highest BCUT2D eigenvalue weighted by molar-refractivity contribution is 5.89. The van der Waals surface area contributed by atoms with Gasteiger partial charge < -0.3 is 10.6 Å². The summed E-state index contributed by atoms with van der Waals surface area (Å²) in [5.41, 5.74) is -2.84. The number of halogens is 6. The molecule has 0 aliphatic carbocycles. The molecule has 146 valence electrons. The van der Waals surface area contributed by atoms with Crippen LogP contribution in [0, 0.1) is 0 Å². The van der Waals surface area contributed by atoms with Crippen LogP contribution in [0.25, 0.3) is 0 Å². The molecule has 0 saturated heterocycles. The van der Waals surface area contributed by atoms with Gasteiger partial charge in [-0.25, -0.2) is 4.79 Å². The van der Waals surface area contributed by atoms with E-state index in [0.717, 1.165) is 5.56 Å². The van der Waals surface area contributed by atoms with Gasteiger partial charge in [0.05, 0.1) is 17.2 Å². The summed E-state index contributed by atoms with van der Waals surface area (Å²) in [4.78, 5) is 12.1. The number of hydrogen-bond acceptors (Lipinski definition) is 1. The van der Waals surface area contributed by atoms with Crippen molar-refractivity contribution in [2.24, 2.45) is 0 Å². The molecule has 1 unspecified atom stereocenters. The van der Waals surface area contributed by atoms with E-state index >= 15 is 0 Å². The Labute approximate surface area is 151 Å². The van der Waals surface area contributed by atoms with Gasteiger partial charge in [0.1, 0.15) is 0 Å². The monoisotopic (exact) mass is 390 g/mol. The zero-order chi connectivity index (χ0) is 20.2. The normalized spacial score (nSPS) is 13.1. The van der Waals surface area contributed by atoms with E-state index in [0.29, 0.717) is 18.6 Å². The number of alkyl halides is 6. The van der Waals surface area contributed by atoms with Gasteiger partial charge in [-0.2, -0.15) is 26.3 Å². The summed E-state index contributed by atoms with van der Waals surface area (Å²) >= 11 is 0. The van der Waals surface area contributed by atoms with Crippen LogP contribution < -0.4 is 10.6 Å². The van der Waals surface area contributed by atoms with Crippen molar-refractivity contribution in [1.29, 1.82) is 0 Å². The van der Waals surface area contributed by atoms with Crippen molar-refractivity contribution >= 4 is 11.7 Å². The van der Waals surface area contributed by atoms with Crippen LogP contribution in [0.15, 0.2) is 48.5 Å². The molecule has 2 rings (SSSR count). The average Bonchev–Trinajstić information content (AvgIpc) is 2.58. The topological polar surface area (TPSA) is 41.1 Å². The second-order valence-electron chi connectivity index (χ2n) is 5.76. The number of carbonyl (C=O) groups excluding carboxylic acids is 1. The molecule has 0 spiro atoms. The van der Waals surface area contributed by atoms with Crippen molar-refractivity contribution in [3.05, 3.63) is 65.2 Å². The second kappa shape index (κ2) is 7.89. The molecule has 0 fully saturated rings. The van der Waals surface area contributed by atoms with E-state index in [4.69, 9.17) is 0 Å². The number of carbonyl (C=O) groups is 1. The molecule has 27 heavy (non-hydrogen) atoms. The Morgan fingerprint density at radius 3 is 1.89 bits per heavy atom. The standard InChI is InChI=1S/C18H16F6N2O/c1-2-15(11-6-4-3-5-7-11)26-16(27)25-14-9-12(17(19,20)21)8-13(10-14)18(22,23)24/h3-10,15H,2H2,1H3,(H2,25,26,27). The van der Waals surface area contributed by atoms with Crippen LogP contribution in [0.5, 0.6) is 0 Å². The summed E-state index contributed by atoms with van der Waals surface area (Å²) < 4.78 is 77.2. The maximum Gasteiger partial charge on any atom is 0.416 e. The Morgan fingerprint density at radius 2 is 1.44 bits per heavy atom. The zero-order valence-electron chi connectivity index (χ0n) is 14.1. The highest BCUT2D eigenvalue weighted by Crippen LogP contribution is 2.37. The molecule has 0 bridgehead atoms. The number of amides is 2. The SMILES string of the molecule is CCC(NC(=O)Nc1cc(C(F)(F)F)cc(C(F)(F)F)c1)c1ccccc1. The van der Waals surface area contributed by atoms with Gasteiger partial charge >= 0.3 is 18.4 Å². The van der Waals surface area contributed by atoms with Crippen LogP contribution in [0.3, 0.4) is 0 Å². The second-order valence-corrected chi connectivity index (χ2v) is 5.76. The van der Waals surface area contributed by atoms with E-state index in [1.807, 2.05) is 0 Å². The minimum atomic E-state index is -4.98. The molecule has 0 saturated carbocycles. The lowest BCUT2D eigenvalue weighted by atomic mass is 10.1. The first kappa shape index (κ1) is 20.6. The summed E-state index contributed by atoms with van der Waals surface area (Å²) in [5, 5.41) is 4.59. The van der Waals surface area contributed by atoms with Crippen LogP contribution in [-0.4, -0.2) is 6.03 Å². The molecule has 3 nitrogen and oxygen atoms in total. The highest BCUT2D eigenvalue weighted by atomic mass is 19.4. The van der Waals surface area contributed by atoms with Crippen LogP contribution in [-0.2, 0) is 12.4 Å². The number of nitrogens with one attached hydrogen (secondary N) is 2. The lowest BCUT2D eigenvalue weighted by Crippen LogP contribution is -2.32. The number of benzene rings is 2. The summed E-state index contributed by atoms with van der Waals surface area (Å²) in [6.07, 6.45) is -9.48. The molecular weight excluding hydrogens is 374 g/mol. The van der Waals surface area contributed by atoms with Gasteiger partial charge in [0, 0.05) is 5.69 Å². The van der Waals surface area contributed by atoms with Crippen molar-refractivity contribution in [2.75, 3.05) is 5.32 Å². The first-order valence-electron chi connectivity index (χ1n) is 7.92. The van der Waals surface area contributed by atoms with Crippen LogP contribution in [0.4, 0.5) is 36.8 Å². The summed E-state index contributed by atoms with van der Waals surface area (Å²) in [6, 6.07) is 8.34. The van der Waals surface area contributed by atoms with E-state index in [2.05, 4.69) is 10.6 Å². The Bertz CT molecular complexity index is 754. The van der Waals surface area contributed by atoms with Crippen LogP contribution in [0.1, 0.15) is 36.1 Å². The fraction of sp³-hybridized carbons (Fsp3) is 0.278. The Kier molecular flexibility index (Phi) is 6.02. The third-order valence-corrected chi connectivity index (χ3v) is 3.76. The van der Waals surface area contributed by atoms with Gasteiger partial charge in [-0.3, -0.25) is 0 Å². The number of anilines is 1. The van der Waals surface area contributed by atoms with Gasteiger partial charge in [-0.05, 0) is 30.2 Å². The van der Waals surface area contributed by atoms with Crippen molar-refractivity contribution in [3.8, 4) is 0 Å². The lowest BCUT2D eigenvalue weighted by Gasteiger charge is -2.19. The maximum atomic E-state index is 12.9. The lowest BCUT2D eigenvalue weighted by molar-refractivity contribution is -0.143. The van der Waals surface area contributed by atoms with E-state index in [1.54, 1.807) is 37.3 Å². The summed E-state index contributed by atoms with van der Waals surface area (Å²) in [5.74, 6) is 0. The molecule has 2 aromatic rings. The maximum absolute atomic E-state index is 12.9. The van der Waals surface area contributed by atoms with Crippen molar-refractivity contribution < 1.29 is 31.1 Å². The van der Waals surface area contributed by atoms with Crippen molar-refractivity contribution in [1.82, 2.24) is 5.32 Å². The van der Waals surface area contributed by atoms with Crippen LogP contribution >= 0.6 is 0 Å². The predicted octanol–water partition coefficient (Wildman–Crippen LogP) is 6.00.